The molecule has 158 valence electrons. The lowest BCUT2D eigenvalue weighted by molar-refractivity contribution is -0.913. The Labute approximate surface area is 188 Å². The van der Waals surface area contributed by atoms with Crippen molar-refractivity contribution in [1.29, 1.82) is 15.8 Å². The molecule has 4 rings (SSSR count). The van der Waals surface area contributed by atoms with Crippen molar-refractivity contribution < 1.29 is 9.64 Å². The number of para-hydroxylation sites is 1. The number of nitriles is 3. The van der Waals surface area contributed by atoms with Gasteiger partial charge in [0, 0.05) is 23.0 Å². The van der Waals surface area contributed by atoms with Gasteiger partial charge in [0.15, 0.2) is 5.41 Å². The average Bonchev–Trinajstić information content (AvgIpc) is 2.84. The van der Waals surface area contributed by atoms with E-state index in [1.54, 1.807) is 7.11 Å². The van der Waals surface area contributed by atoms with Crippen molar-refractivity contribution in [3.05, 3.63) is 88.6 Å². The fourth-order valence-electron chi connectivity index (χ4n) is 5.13. The number of quaternary nitrogens is 1. The molecule has 0 saturated heterocycles. The quantitative estimate of drug-likeness (QED) is 0.785. The summed E-state index contributed by atoms with van der Waals surface area (Å²) >= 11 is 0. The molecule has 0 radical (unpaired) electrons. The van der Waals surface area contributed by atoms with Crippen LogP contribution in [-0.4, -0.2) is 20.2 Å². The molecule has 2 aliphatic rings. The van der Waals surface area contributed by atoms with E-state index in [1.807, 2.05) is 42.5 Å². The van der Waals surface area contributed by atoms with E-state index in [0.29, 0.717) is 12.3 Å². The first-order valence-corrected chi connectivity index (χ1v) is 10.5. The lowest BCUT2D eigenvalue weighted by Crippen LogP contribution is -3.12. The highest BCUT2D eigenvalue weighted by molar-refractivity contribution is 5.60. The minimum atomic E-state index is -1.66. The highest BCUT2D eigenvalue weighted by Crippen LogP contribution is 2.54. The van der Waals surface area contributed by atoms with Crippen LogP contribution in [0, 0.1) is 45.3 Å². The summed E-state index contributed by atoms with van der Waals surface area (Å²) in [6.07, 6.45) is 2.05. The summed E-state index contributed by atoms with van der Waals surface area (Å²) in [4.78, 5) is 1.30. The Balaban J connectivity index is 1.88. The highest BCUT2D eigenvalue weighted by Gasteiger charge is 2.56. The van der Waals surface area contributed by atoms with Crippen LogP contribution in [0.15, 0.2) is 77.5 Å². The molecule has 1 heterocycles. The number of ether oxygens (including phenoxy) is 1. The minimum absolute atomic E-state index is 0.0370. The summed E-state index contributed by atoms with van der Waals surface area (Å²) in [5, 5.41) is 30.4. The second kappa shape index (κ2) is 8.60. The molecule has 0 bridgehead atoms. The minimum Gasteiger partial charge on any atom is -0.496 e. The smallest absolute Gasteiger partial charge is 0.191 e. The number of hydrogen-bond donors (Lipinski definition) is 2. The number of allylic oxidation sites excluding steroid dienone is 2. The van der Waals surface area contributed by atoms with Gasteiger partial charge in [0.05, 0.1) is 43.6 Å². The second-order valence-electron chi connectivity index (χ2n) is 8.24. The molecule has 3 atom stereocenters. The summed E-state index contributed by atoms with van der Waals surface area (Å²) < 4.78 is 5.60. The molecule has 1 aliphatic heterocycles. The predicted octanol–water partition coefficient (Wildman–Crippen LogP) is 2.20. The number of hydrogen-bond acceptors (Lipinski definition) is 5. The zero-order valence-corrected chi connectivity index (χ0v) is 17.9. The van der Waals surface area contributed by atoms with Gasteiger partial charge in [-0.15, -0.1) is 0 Å². The summed E-state index contributed by atoms with van der Waals surface area (Å²) in [5.41, 5.74) is 7.85. The standard InChI is InChI=1S/C26H23N5O/c1-32-23-10-6-5-9-20(23)24-22-15-31(14-18-7-3-2-4-8-18)12-11-19(22)21(13-27)25(30)26(24,16-28)17-29/h2-11,22,24H,12,14-15,30H2,1H3/p+1. The van der Waals surface area contributed by atoms with Crippen LogP contribution in [0.25, 0.3) is 0 Å². The van der Waals surface area contributed by atoms with E-state index in [0.717, 1.165) is 24.2 Å². The van der Waals surface area contributed by atoms with Gasteiger partial charge in [0.2, 0.25) is 0 Å². The van der Waals surface area contributed by atoms with Crippen molar-refractivity contribution in [2.75, 3.05) is 20.2 Å². The van der Waals surface area contributed by atoms with Crippen LogP contribution in [0.5, 0.6) is 5.75 Å². The second-order valence-corrected chi connectivity index (χ2v) is 8.24. The Morgan fingerprint density at radius 1 is 1.06 bits per heavy atom. The zero-order valence-electron chi connectivity index (χ0n) is 17.9. The monoisotopic (exact) mass is 422 g/mol. The lowest BCUT2D eigenvalue weighted by Gasteiger charge is -2.44. The predicted molar refractivity (Wildman–Crippen MR) is 119 cm³/mol. The summed E-state index contributed by atoms with van der Waals surface area (Å²) in [6, 6.07) is 24.2. The van der Waals surface area contributed by atoms with Crippen molar-refractivity contribution in [3.63, 3.8) is 0 Å². The maximum absolute atomic E-state index is 10.2. The molecule has 3 N–H and O–H groups in total. The summed E-state index contributed by atoms with van der Waals surface area (Å²) in [6.45, 7) is 2.23. The van der Waals surface area contributed by atoms with Crippen LogP contribution in [0.4, 0.5) is 0 Å². The van der Waals surface area contributed by atoms with Gasteiger partial charge in [-0.3, -0.25) is 0 Å². The van der Waals surface area contributed by atoms with Crippen LogP contribution in [0.2, 0.25) is 0 Å². The van der Waals surface area contributed by atoms with E-state index in [2.05, 4.69) is 36.4 Å². The Morgan fingerprint density at radius 2 is 1.75 bits per heavy atom. The molecule has 6 nitrogen and oxygen atoms in total. The van der Waals surface area contributed by atoms with Gasteiger partial charge >= 0.3 is 0 Å². The normalized spacial score (nSPS) is 23.7. The molecule has 0 aromatic heterocycles. The van der Waals surface area contributed by atoms with Crippen molar-refractivity contribution >= 4 is 0 Å². The molecular weight excluding hydrogens is 398 g/mol. The molecule has 32 heavy (non-hydrogen) atoms. The van der Waals surface area contributed by atoms with Crippen LogP contribution in [0.1, 0.15) is 17.0 Å². The molecule has 0 spiro atoms. The van der Waals surface area contributed by atoms with Crippen molar-refractivity contribution in [2.45, 2.75) is 12.5 Å². The van der Waals surface area contributed by atoms with Gasteiger partial charge in [-0.25, -0.2) is 0 Å². The molecule has 2 aromatic rings. The van der Waals surface area contributed by atoms with E-state index in [4.69, 9.17) is 10.5 Å². The van der Waals surface area contributed by atoms with Gasteiger partial charge in [-0.1, -0.05) is 48.5 Å². The van der Waals surface area contributed by atoms with E-state index >= 15 is 0 Å². The largest absolute Gasteiger partial charge is 0.496 e. The Hall–Kier alpha value is -4.05. The van der Waals surface area contributed by atoms with Crippen molar-refractivity contribution in [3.8, 4) is 24.0 Å². The van der Waals surface area contributed by atoms with E-state index in [1.165, 1.54) is 10.5 Å². The van der Waals surface area contributed by atoms with Crippen molar-refractivity contribution in [2.24, 2.45) is 17.1 Å². The van der Waals surface area contributed by atoms with Crippen LogP contribution >= 0.6 is 0 Å². The summed E-state index contributed by atoms with van der Waals surface area (Å²) in [5.74, 6) is -0.168. The Kier molecular flexibility index (Phi) is 5.69. The van der Waals surface area contributed by atoms with E-state index < -0.39 is 11.3 Å². The first-order valence-electron chi connectivity index (χ1n) is 10.5. The molecular formula is C26H24N5O+. The number of methoxy groups -OCH3 is 1. The van der Waals surface area contributed by atoms with Gasteiger partial charge in [0.25, 0.3) is 0 Å². The molecule has 3 unspecified atom stereocenters. The van der Waals surface area contributed by atoms with Gasteiger partial charge < -0.3 is 15.4 Å². The number of benzene rings is 2. The fraction of sp³-hybridized carbons (Fsp3) is 0.269. The number of nitrogens with one attached hydrogen (secondary N) is 1. The lowest BCUT2D eigenvalue weighted by atomic mass is 9.58. The molecule has 6 heteroatoms. The molecule has 0 amide bonds. The van der Waals surface area contributed by atoms with Gasteiger partial charge in [-0.05, 0) is 17.7 Å². The topological polar surface area (TPSA) is 111 Å². The van der Waals surface area contributed by atoms with Gasteiger partial charge in [-0.2, -0.15) is 15.8 Å². The van der Waals surface area contributed by atoms with Crippen molar-refractivity contribution in [1.82, 2.24) is 0 Å². The van der Waals surface area contributed by atoms with Crippen LogP contribution < -0.4 is 15.4 Å². The molecule has 0 saturated carbocycles. The Bertz CT molecular complexity index is 1200. The maximum atomic E-state index is 10.2. The number of nitrogens with two attached hydrogens (primary N) is 1. The number of rotatable bonds is 4. The third kappa shape index (κ3) is 3.30. The zero-order chi connectivity index (χ0) is 22.7. The molecule has 2 aromatic carbocycles. The third-order valence-electron chi connectivity index (χ3n) is 6.61. The van der Waals surface area contributed by atoms with Gasteiger partial charge in [0.1, 0.15) is 18.4 Å². The average molecular weight is 423 g/mol. The van der Waals surface area contributed by atoms with Crippen LogP contribution in [0.3, 0.4) is 0 Å². The highest BCUT2D eigenvalue weighted by atomic mass is 16.5. The number of fused-ring (bicyclic) bond motifs is 1. The third-order valence-corrected chi connectivity index (χ3v) is 6.61. The first kappa shape index (κ1) is 21.2. The van der Waals surface area contributed by atoms with Crippen LogP contribution in [-0.2, 0) is 6.54 Å². The molecule has 1 aliphatic carbocycles. The first-order chi connectivity index (χ1) is 15.6. The maximum Gasteiger partial charge on any atom is 0.191 e. The summed E-state index contributed by atoms with van der Waals surface area (Å²) in [7, 11) is 1.58. The molecule has 0 fully saturated rings. The fourth-order valence-corrected chi connectivity index (χ4v) is 5.13. The Morgan fingerprint density at radius 3 is 2.41 bits per heavy atom. The SMILES string of the molecule is COc1ccccc1C1C2C[NH+](Cc3ccccc3)CC=C2C(C#N)=C(N)C1(C#N)C#N. The van der Waals surface area contributed by atoms with E-state index in [-0.39, 0.29) is 17.2 Å². The number of nitrogens with zero attached hydrogens (tertiary/aromatic N) is 3. The van der Waals surface area contributed by atoms with E-state index in [9.17, 15) is 15.8 Å².